The Kier molecular flexibility index (Phi) is 4.26. The first-order valence-corrected chi connectivity index (χ1v) is 8.18. The highest BCUT2D eigenvalue weighted by Gasteiger charge is 2.29. The van der Waals surface area contributed by atoms with Crippen molar-refractivity contribution < 1.29 is 14.7 Å². The van der Waals surface area contributed by atoms with Crippen LogP contribution in [0.15, 0.2) is 66.7 Å². The summed E-state index contributed by atoms with van der Waals surface area (Å²) in [5.74, 6) is 1.06. The molecule has 2 unspecified atom stereocenters. The van der Waals surface area contributed by atoms with Crippen molar-refractivity contribution in [3.63, 3.8) is 0 Å². The minimum atomic E-state index is -1.22. The first-order valence-electron chi connectivity index (χ1n) is 6.92. The van der Waals surface area contributed by atoms with E-state index in [2.05, 4.69) is 6.07 Å². The Labute approximate surface area is 139 Å². The van der Waals surface area contributed by atoms with E-state index in [1.165, 1.54) is 12.1 Å². The number of hydrogen-bond donors (Lipinski definition) is 2. The maximum Gasteiger partial charge on any atom is 0.155 e. The summed E-state index contributed by atoms with van der Waals surface area (Å²) in [4.78, 5) is 0. The van der Waals surface area contributed by atoms with Crippen LogP contribution < -0.4 is 15.1 Å². The fourth-order valence-corrected chi connectivity index (χ4v) is 4.63. The van der Waals surface area contributed by atoms with Gasteiger partial charge in [0.05, 0.1) is 5.30 Å². The van der Waals surface area contributed by atoms with Crippen LogP contribution in [0.3, 0.4) is 0 Å². The van der Waals surface area contributed by atoms with E-state index in [0.29, 0.717) is 5.30 Å². The van der Waals surface area contributed by atoms with Crippen molar-refractivity contribution in [2.75, 3.05) is 0 Å². The third kappa shape index (κ3) is 2.67. The Hall–Kier alpha value is -2.08. The number of rotatable bonds is 1. The molecule has 0 amide bonds. The largest absolute Gasteiger partial charge is 0.508 e. The van der Waals surface area contributed by atoms with Crippen LogP contribution in [0.2, 0.25) is 0 Å². The number of hydrogen-bond acceptors (Lipinski definition) is 3. The average molecular weight is 342 g/mol. The zero-order valence-corrected chi connectivity index (χ0v) is 14.6. The normalized spacial score (nSPS) is 14.9. The zero-order chi connectivity index (χ0) is 15.1. The van der Waals surface area contributed by atoms with Gasteiger partial charge in [0.1, 0.15) is 17.2 Å². The highest BCUT2D eigenvalue weighted by molar-refractivity contribution is 7.69. The molecule has 2 N–H and O–H groups in total. The highest BCUT2D eigenvalue weighted by Crippen LogP contribution is 2.49. The molecule has 2 atom stereocenters. The molecule has 1 aliphatic rings. The Morgan fingerprint density at radius 1 is 0.739 bits per heavy atom. The molecule has 116 valence electrons. The number of aromatic hydroxyl groups is 2. The zero-order valence-electron chi connectivity index (χ0n) is 12.3. The van der Waals surface area contributed by atoms with E-state index in [4.69, 9.17) is 4.52 Å². The molecule has 0 aliphatic carbocycles. The second-order valence-electron chi connectivity index (χ2n) is 5.07. The third-order valence-corrected chi connectivity index (χ3v) is 5.67. The van der Waals surface area contributed by atoms with Gasteiger partial charge in [0.15, 0.2) is 8.15 Å². The summed E-state index contributed by atoms with van der Waals surface area (Å²) in [6.45, 7) is 0. The standard InChI is InChI=1S/C18H13O3P.H3P/c19-12-9-10-15(20)18(11-12)22-17-8-4-2-6-14(17)13-5-1-3-7-16(13)21-22;/h1-11,19-20H;1H3. The maximum absolute atomic E-state index is 10.2. The van der Waals surface area contributed by atoms with Crippen LogP contribution in [0.25, 0.3) is 11.1 Å². The van der Waals surface area contributed by atoms with E-state index in [9.17, 15) is 10.2 Å². The smallest absolute Gasteiger partial charge is 0.155 e. The predicted octanol–water partition coefficient (Wildman–Crippen LogP) is 3.56. The number of phenols is 2. The van der Waals surface area contributed by atoms with Gasteiger partial charge in [-0.15, -0.1) is 0 Å². The van der Waals surface area contributed by atoms with Gasteiger partial charge in [0, 0.05) is 10.9 Å². The summed E-state index contributed by atoms with van der Waals surface area (Å²) < 4.78 is 6.17. The molecule has 5 heteroatoms. The summed E-state index contributed by atoms with van der Waals surface area (Å²) >= 11 is 0. The van der Waals surface area contributed by atoms with Gasteiger partial charge in [-0.2, -0.15) is 9.90 Å². The van der Waals surface area contributed by atoms with Crippen molar-refractivity contribution in [2.45, 2.75) is 0 Å². The minimum absolute atomic E-state index is 0. The lowest BCUT2D eigenvalue weighted by Crippen LogP contribution is -2.21. The van der Waals surface area contributed by atoms with E-state index in [-0.39, 0.29) is 21.4 Å². The van der Waals surface area contributed by atoms with Gasteiger partial charge in [0.2, 0.25) is 0 Å². The van der Waals surface area contributed by atoms with Gasteiger partial charge in [0.25, 0.3) is 0 Å². The first-order chi connectivity index (χ1) is 10.7. The molecular formula is C18H16O3P2. The molecule has 3 aromatic rings. The predicted molar refractivity (Wildman–Crippen MR) is 99.6 cm³/mol. The summed E-state index contributed by atoms with van der Waals surface area (Å²) in [7, 11) is -1.22. The quantitative estimate of drug-likeness (QED) is 0.525. The molecule has 4 rings (SSSR count). The minimum Gasteiger partial charge on any atom is -0.508 e. The summed E-state index contributed by atoms with van der Waals surface area (Å²) in [5.41, 5.74) is 2.16. The molecule has 0 radical (unpaired) electrons. The monoisotopic (exact) mass is 342 g/mol. The van der Waals surface area contributed by atoms with Crippen LogP contribution in [-0.4, -0.2) is 10.2 Å². The Bertz CT molecular complexity index is 864. The molecule has 3 aromatic carbocycles. The van der Waals surface area contributed by atoms with Crippen LogP contribution in [0.1, 0.15) is 0 Å². The van der Waals surface area contributed by atoms with E-state index in [0.717, 1.165) is 22.2 Å². The van der Waals surface area contributed by atoms with Crippen LogP contribution in [0, 0.1) is 0 Å². The van der Waals surface area contributed by atoms with Gasteiger partial charge in [-0.1, -0.05) is 42.5 Å². The van der Waals surface area contributed by atoms with Crippen molar-refractivity contribution in [3.8, 4) is 28.4 Å². The molecule has 0 bridgehead atoms. The lowest BCUT2D eigenvalue weighted by molar-refractivity contribution is 0.463. The third-order valence-electron chi connectivity index (χ3n) is 3.67. The summed E-state index contributed by atoms with van der Waals surface area (Å²) in [6, 6.07) is 20.5. The molecule has 23 heavy (non-hydrogen) atoms. The van der Waals surface area contributed by atoms with Gasteiger partial charge in [-0.3, -0.25) is 0 Å². The molecule has 0 saturated heterocycles. The molecular weight excluding hydrogens is 326 g/mol. The van der Waals surface area contributed by atoms with Gasteiger partial charge < -0.3 is 14.7 Å². The van der Waals surface area contributed by atoms with Crippen LogP contribution in [0.5, 0.6) is 17.2 Å². The Balaban J connectivity index is 0.00000156. The van der Waals surface area contributed by atoms with Gasteiger partial charge in [-0.05, 0) is 29.8 Å². The van der Waals surface area contributed by atoms with Crippen molar-refractivity contribution in [3.05, 3.63) is 66.7 Å². The Morgan fingerprint density at radius 3 is 2.26 bits per heavy atom. The molecule has 3 nitrogen and oxygen atoms in total. The van der Waals surface area contributed by atoms with Crippen molar-refractivity contribution >= 4 is 28.7 Å². The lowest BCUT2D eigenvalue weighted by atomic mass is 10.0. The second kappa shape index (κ2) is 6.20. The molecule has 1 heterocycles. The van der Waals surface area contributed by atoms with E-state index in [1.54, 1.807) is 6.07 Å². The van der Waals surface area contributed by atoms with Crippen LogP contribution in [0.4, 0.5) is 0 Å². The molecule has 0 spiro atoms. The molecule has 0 saturated carbocycles. The van der Waals surface area contributed by atoms with Gasteiger partial charge >= 0.3 is 0 Å². The van der Waals surface area contributed by atoms with E-state index < -0.39 is 8.15 Å². The van der Waals surface area contributed by atoms with E-state index in [1.807, 2.05) is 42.5 Å². The number of para-hydroxylation sites is 1. The first kappa shape index (κ1) is 15.8. The molecule has 0 fully saturated rings. The summed E-state index contributed by atoms with van der Waals surface area (Å²) in [5, 5.41) is 21.6. The topological polar surface area (TPSA) is 49.7 Å². The number of benzene rings is 3. The van der Waals surface area contributed by atoms with E-state index >= 15 is 0 Å². The maximum atomic E-state index is 10.2. The lowest BCUT2D eigenvalue weighted by Gasteiger charge is -2.28. The number of phenolic OH excluding ortho intramolecular Hbond substituents is 2. The molecule has 1 aliphatic heterocycles. The van der Waals surface area contributed by atoms with Crippen molar-refractivity contribution in [2.24, 2.45) is 0 Å². The fraction of sp³-hybridized carbons (Fsp3) is 0. The summed E-state index contributed by atoms with van der Waals surface area (Å²) in [6.07, 6.45) is 0. The Morgan fingerprint density at radius 2 is 1.43 bits per heavy atom. The van der Waals surface area contributed by atoms with Crippen LogP contribution in [-0.2, 0) is 0 Å². The molecule has 0 aromatic heterocycles. The van der Waals surface area contributed by atoms with Crippen molar-refractivity contribution in [1.29, 1.82) is 0 Å². The average Bonchev–Trinajstić information content (AvgIpc) is 2.56. The van der Waals surface area contributed by atoms with Crippen LogP contribution >= 0.6 is 18.0 Å². The number of fused-ring (bicyclic) bond motifs is 3. The van der Waals surface area contributed by atoms with Gasteiger partial charge in [-0.25, -0.2) is 0 Å². The SMILES string of the molecule is Oc1ccc(O)c(P2Oc3ccccc3-c3ccccc32)c1.P. The fourth-order valence-electron chi connectivity index (χ4n) is 2.65. The highest BCUT2D eigenvalue weighted by atomic mass is 31.1. The second-order valence-corrected chi connectivity index (χ2v) is 6.81. The van der Waals surface area contributed by atoms with Crippen molar-refractivity contribution in [1.82, 2.24) is 0 Å².